The molecule has 1 aromatic carbocycles. The summed E-state index contributed by atoms with van der Waals surface area (Å²) in [5.74, 6) is 1.07. The highest BCUT2D eigenvalue weighted by molar-refractivity contribution is 9.28. The molecule has 1 saturated carbocycles. The van der Waals surface area contributed by atoms with Crippen LogP contribution >= 0.6 is 31.9 Å². The largest absolute Gasteiger partial charge is 0.490 e. The summed E-state index contributed by atoms with van der Waals surface area (Å²) in [5.41, 5.74) is 0. The molecule has 4 heteroatoms. The maximum Gasteiger partial charge on any atom is 0.123 e. The summed E-state index contributed by atoms with van der Waals surface area (Å²) in [6.45, 7) is 0. The molecule has 0 bridgehead atoms. The van der Waals surface area contributed by atoms with Crippen LogP contribution in [0.5, 0.6) is 5.75 Å². The van der Waals surface area contributed by atoms with Crippen molar-refractivity contribution in [2.24, 2.45) is 5.92 Å². The number of halogens is 3. The first-order chi connectivity index (χ1) is 8.13. The third-order valence-corrected chi connectivity index (χ3v) is 3.43. The zero-order valence-corrected chi connectivity index (χ0v) is 12.4. The molecule has 0 N–H and O–H groups in total. The van der Waals surface area contributed by atoms with E-state index in [0.29, 0.717) is 5.92 Å². The van der Waals surface area contributed by atoms with E-state index in [0.717, 1.165) is 28.4 Å². The molecular formula is C13H13Br2FO. The normalized spacial score (nSPS) is 23.5. The number of hydrogen-bond acceptors (Lipinski definition) is 1. The van der Waals surface area contributed by atoms with Gasteiger partial charge in [0.15, 0.2) is 0 Å². The van der Waals surface area contributed by atoms with E-state index >= 15 is 0 Å². The van der Waals surface area contributed by atoms with Gasteiger partial charge >= 0.3 is 0 Å². The van der Waals surface area contributed by atoms with Crippen molar-refractivity contribution in [2.45, 2.75) is 25.4 Å². The first-order valence-electron chi connectivity index (χ1n) is 5.58. The molecule has 1 fully saturated rings. The third-order valence-electron chi connectivity index (χ3n) is 2.90. The van der Waals surface area contributed by atoms with Crippen LogP contribution in [0.2, 0.25) is 0 Å². The Kier molecular flexibility index (Phi) is 4.62. The molecule has 2 atom stereocenters. The Morgan fingerprint density at radius 2 is 1.94 bits per heavy atom. The minimum atomic E-state index is -0.229. The van der Waals surface area contributed by atoms with Gasteiger partial charge in [0.25, 0.3) is 0 Å². The van der Waals surface area contributed by atoms with E-state index in [-0.39, 0.29) is 11.9 Å². The van der Waals surface area contributed by atoms with Crippen LogP contribution in [0.25, 0.3) is 0 Å². The predicted octanol–water partition coefficient (Wildman–Crippen LogP) is 5.00. The lowest BCUT2D eigenvalue weighted by Crippen LogP contribution is -2.11. The molecule has 1 aliphatic carbocycles. The van der Waals surface area contributed by atoms with E-state index in [1.54, 1.807) is 12.1 Å². The second-order valence-electron chi connectivity index (χ2n) is 4.22. The first kappa shape index (κ1) is 13.1. The van der Waals surface area contributed by atoms with Gasteiger partial charge in [-0.2, -0.15) is 0 Å². The molecule has 1 nitrogen and oxygen atoms in total. The summed E-state index contributed by atoms with van der Waals surface area (Å²) in [6, 6.07) is 6.21. The van der Waals surface area contributed by atoms with E-state index < -0.39 is 0 Å². The third kappa shape index (κ3) is 4.11. The molecule has 0 heterocycles. The van der Waals surface area contributed by atoms with Crippen LogP contribution in [0.4, 0.5) is 4.39 Å². The molecule has 2 unspecified atom stereocenters. The summed E-state index contributed by atoms with van der Waals surface area (Å²) in [6.07, 6.45) is 5.59. The highest BCUT2D eigenvalue weighted by Gasteiger charge is 2.24. The van der Waals surface area contributed by atoms with Crippen molar-refractivity contribution in [2.75, 3.05) is 0 Å². The summed E-state index contributed by atoms with van der Waals surface area (Å²) >= 11 is 6.75. The fraction of sp³-hybridized carbons (Fsp3) is 0.385. The molecule has 0 spiro atoms. The standard InChI is InChI=1S/C13H13Br2FO/c14-13(15)8-9-1-4-12(7-9)17-11-5-2-10(16)3-6-11/h2-3,5-6,8-9,12H,1,4,7H2. The fourth-order valence-corrected chi connectivity index (χ4v) is 2.86. The van der Waals surface area contributed by atoms with Crippen LogP contribution in [0.3, 0.4) is 0 Å². The zero-order valence-electron chi connectivity index (χ0n) is 9.20. The van der Waals surface area contributed by atoms with E-state index in [4.69, 9.17) is 4.74 Å². The lowest BCUT2D eigenvalue weighted by Gasteiger charge is -2.13. The number of benzene rings is 1. The monoisotopic (exact) mass is 362 g/mol. The predicted molar refractivity (Wildman–Crippen MR) is 74.1 cm³/mol. The van der Waals surface area contributed by atoms with E-state index in [9.17, 15) is 4.39 Å². The summed E-state index contributed by atoms with van der Waals surface area (Å²) in [4.78, 5) is 0. The van der Waals surface area contributed by atoms with Crippen molar-refractivity contribution in [3.05, 3.63) is 39.6 Å². The highest BCUT2D eigenvalue weighted by Crippen LogP contribution is 2.32. The Morgan fingerprint density at radius 3 is 2.59 bits per heavy atom. The van der Waals surface area contributed by atoms with Gasteiger partial charge in [0.05, 0.1) is 9.50 Å². The van der Waals surface area contributed by atoms with Gasteiger partial charge in [-0.15, -0.1) is 0 Å². The van der Waals surface area contributed by atoms with Crippen molar-refractivity contribution in [3.63, 3.8) is 0 Å². The van der Waals surface area contributed by atoms with Crippen LogP contribution in [-0.2, 0) is 0 Å². The van der Waals surface area contributed by atoms with Crippen LogP contribution in [-0.4, -0.2) is 6.10 Å². The summed E-state index contributed by atoms with van der Waals surface area (Å²) in [5, 5.41) is 0. The minimum absolute atomic E-state index is 0.229. The van der Waals surface area contributed by atoms with Crippen molar-refractivity contribution in [1.82, 2.24) is 0 Å². The number of ether oxygens (including phenoxy) is 1. The summed E-state index contributed by atoms with van der Waals surface area (Å²) in [7, 11) is 0. The molecule has 17 heavy (non-hydrogen) atoms. The molecule has 0 aromatic heterocycles. The lowest BCUT2D eigenvalue weighted by atomic mass is 10.1. The molecule has 0 radical (unpaired) electrons. The first-order valence-corrected chi connectivity index (χ1v) is 7.17. The van der Waals surface area contributed by atoms with Gasteiger partial charge in [-0.25, -0.2) is 4.39 Å². The minimum Gasteiger partial charge on any atom is -0.490 e. The molecule has 92 valence electrons. The Morgan fingerprint density at radius 1 is 1.24 bits per heavy atom. The van der Waals surface area contributed by atoms with E-state index in [1.165, 1.54) is 12.1 Å². The quantitative estimate of drug-likeness (QED) is 0.733. The number of allylic oxidation sites excluding steroid dienone is 1. The van der Waals surface area contributed by atoms with Crippen molar-refractivity contribution >= 4 is 31.9 Å². The van der Waals surface area contributed by atoms with Gasteiger partial charge in [-0.1, -0.05) is 6.08 Å². The van der Waals surface area contributed by atoms with Crippen molar-refractivity contribution < 1.29 is 9.13 Å². The van der Waals surface area contributed by atoms with Gasteiger partial charge in [-0.05, 0) is 81.3 Å². The van der Waals surface area contributed by atoms with Gasteiger partial charge in [-0.3, -0.25) is 0 Å². The average molecular weight is 364 g/mol. The fourth-order valence-electron chi connectivity index (χ4n) is 2.12. The average Bonchev–Trinajstić information content (AvgIpc) is 2.68. The van der Waals surface area contributed by atoms with Gasteiger partial charge in [0, 0.05) is 0 Å². The summed E-state index contributed by atoms with van der Waals surface area (Å²) < 4.78 is 19.5. The molecule has 0 saturated heterocycles. The second-order valence-corrected chi connectivity index (χ2v) is 7.00. The highest BCUT2D eigenvalue weighted by atomic mass is 79.9. The van der Waals surface area contributed by atoms with Crippen molar-refractivity contribution in [1.29, 1.82) is 0 Å². The Hall–Kier alpha value is -0.350. The van der Waals surface area contributed by atoms with E-state index in [2.05, 4.69) is 37.9 Å². The molecule has 1 aliphatic rings. The second kappa shape index (κ2) is 6.01. The van der Waals surface area contributed by atoms with Crippen LogP contribution in [0.15, 0.2) is 33.7 Å². The van der Waals surface area contributed by atoms with Gasteiger partial charge < -0.3 is 4.74 Å². The zero-order chi connectivity index (χ0) is 12.3. The number of hydrogen-bond donors (Lipinski definition) is 0. The Labute approximate surface area is 117 Å². The molecule has 2 rings (SSSR count). The van der Waals surface area contributed by atoms with Crippen LogP contribution < -0.4 is 4.74 Å². The maximum atomic E-state index is 12.7. The Bertz CT molecular complexity index is 398. The Balaban J connectivity index is 1.89. The van der Waals surface area contributed by atoms with Crippen LogP contribution in [0.1, 0.15) is 19.3 Å². The molecule has 1 aromatic rings. The van der Waals surface area contributed by atoms with Gasteiger partial charge in [0.2, 0.25) is 0 Å². The van der Waals surface area contributed by atoms with E-state index in [1.807, 2.05) is 0 Å². The SMILES string of the molecule is Fc1ccc(OC2CCC(C=C(Br)Br)C2)cc1. The number of rotatable bonds is 3. The topological polar surface area (TPSA) is 9.23 Å². The molecular weight excluding hydrogens is 351 g/mol. The molecule has 0 amide bonds. The van der Waals surface area contributed by atoms with Gasteiger partial charge in [0.1, 0.15) is 11.6 Å². The van der Waals surface area contributed by atoms with Crippen LogP contribution in [0, 0.1) is 11.7 Å². The molecule has 0 aliphatic heterocycles. The maximum absolute atomic E-state index is 12.7. The smallest absolute Gasteiger partial charge is 0.123 e. The lowest BCUT2D eigenvalue weighted by molar-refractivity contribution is 0.206. The van der Waals surface area contributed by atoms with Crippen molar-refractivity contribution in [3.8, 4) is 5.75 Å².